The molecule has 1 atom stereocenters. The maximum Gasteiger partial charge on any atom is 0.123 e. The molecule has 0 saturated heterocycles. The Bertz CT molecular complexity index is 603. The first-order valence-corrected chi connectivity index (χ1v) is 8.12. The molecule has 0 bridgehead atoms. The van der Waals surface area contributed by atoms with E-state index in [4.69, 9.17) is 16.3 Å². The second kappa shape index (κ2) is 7.83. The molecule has 0 aliphatic rings. The van der Waals surface area contributed by atoms with Gasteiger partial charge in [-0.15, -0.1) is 0 Å². The molecule has 0 saturated carbocycles. The molecule has 2 aromatic carbocycles. The largest absolute Gasteiger partial charge is 0.496 e. The highest BCUT2D eigenvalue weighted by molar-refractivity contribution is 9.10. The fourth-order valence-corrected chi connectivity index (χ4v) is 2.95. The Balaban J connectivity index is 2.12. The number of hydrogen-bond donors (Lipinski definition) is 1. The van der Waals surface area contributed by atoms with Crippen molar-refractivity contribution >= 4 is 27.5 Å². The molecule has 21 heavy (non-hydrogen) atoms. The number of halogens is 2. The Kier molecular flexibility index (Phi) is 6.09. The van der Waals surface area contributed by atoms with E-state index < -0.39 is 0 Å². The van der Waals surface area contributed by atoms with Gasteiger partial charge in [0.25, 0.3) is 0 Å². The molecule has 1 N–H and O–H groups in total. The highest BCUT2D eigenvalue weighted by Gasteiger charge is 2.11. The highest BCUT2D eigenvalue weighted by atomic mass is 79.9. The van der Waals surface area contributed by atoms with E-state index in [0.29, 0.717) is 0 Å². The number of nitrogens with one attached hydrogen (secondary N) is 1. The van der Waals surface area contributed by atoms with E-state index in [1.807, 2.05) is 30.3 Å². The Morgan fingerprint density at radius 3 is 2.71 bits per heavy atom. The lowest BCUT2D eigenvalue weighted by molar-refractivity contribution is 0.404. The maximum absolute atomic E-state index is 6.08. The maximum atomic E-state index is 6.08. The van der Waals surface area contributed by atoms with Crippen LogP contribution in [0.5, 0.6) is 5.75 Å². The Morgan fingerprint density at radius 2 is 2.05 bits per heavy atom. The number of ether oxygens (including phenoxy) is 1. The molecule has 0 radical (unpaired) electrons. The van der Waals surface area contributed by atoms with Gasteiger partial charge in [0, 0.05) is 27.6 Å². The molecule has 0 aromatic heterocycles. The zero-order chi connectivity index (χ0) is 15.2. The van der Waals surface area contributed by atoms with Crippen molar-refractivity contribution in [3.63, 3.8) is 0 Å². The Morgan fingerprint density at radius 1 is 1.24 bits per heavy atom. The molecule has 112 valence electrons. The third-order valence-corrected chi connectivity index (χ3v) is 4.17. The fourth-order valence-electron chi connectivity index (χ4n) is 2.34. The quantitative estimate of drug-likeness (QED) is 0.742. The van der Waals surface area contributed by atoms with Gasteiger partial charge in [-0.2, -0.15) is 0 Å². The van der Waals surface area contributed by atoms with Crippen LogP contribution in [0.4, 0.5) is 0 Å². The molecule has 0 spiro atoms. The smallest absolute Gasteiger partial charge is 0.123 e. The van der Waals surface area contributed by atoms with Gasteiger partial charge in [0.15, 0.2) is 0 Å². The number of methoxy groups -OCH3 is 1. The number of hydrogen-bond acceptors (Lipinski definition) is 2. The lowest BCUT2D eigenvalue weighted by atomic mass is 10.0. The van der Waals surface area contributed by atoms with Crippen LogP contribution >= 0.6 is 27.5 Å². The molecule has 0 fully saturated rings. The first kappa shape index (κ1) is 16.3. The van der Waals surface area contributed by atoms with E-state index in [-0.39, 0.29) is 6.04 Å². The summed E-state index contributed by atoms with van der Waals surface area (Å²) in [6.07, 6.45) is 0.997. The summed E-state index contributed by atoms with van der Waals surface area (Å²) in [4.78, 5) is 0. The molecule has 2 aromatic rings. The van der Waals surface area contributed by atoms with E-state index in [9.17, 15) is 0 Å². The molecule has 0 aliphatic heterocycles. The summed E-state index contributed by atoms with van der Waals surface area (Å²) in [5.74, 6) is 0.895. The molecule has 2 rings (SSSR count). The molecule has 0 aliphatic carbocycles. The van der Waals surface area contributed by atoms with Gasteiger partial charge in [-0.3, -0.25) is 0 Å². The van der Waals surface area contributed by atoms with Crippen LogP contribution in [0.15, 0.2) is 46.9 Å². The summed E-state index contributed by atoms with van der Waals surface area (Å²) < 4.78 is 6.46. The first-order valence-electron chi connectivity index (χ1n) is 6.95. The molecular formula is C17H19BrClNO. The van der Waals surface area contributed by atoms with Crippen molar-refractivity contribution < 1.29 is 4.74 Å². The number of rotatable bonds is 6. The van der Waals surface area contributed by atoms with Crippen LogP contribution in [0.25, 0.3) is 0 Å². The minimum absolute atomic E-state index is 0.271. The van der Waals surface area contributed by atoms with Gasteiger partial charge >= 0.3 is 0 Å². The van der Waals surface area contributed by atoms with Crippen molar-refractivity contribution in [1.82, 2.24) is 5.32 Å². The van der Waals surface area contributed by atoms with Crippen molar-refractivity contribution in [2.45, 2.75) is 25.9 Å². The summed E-state index contributed by atoms with van der Waals surface area (Å²) in [6.45, 7) is 2.91. The molecular weight excluding hydrogens is 350 g/mol. The zero-order valence-corrected chi connectivity index (χ0v) is 14.5. The second-order valence-corrected chi connectivity index (χ2v) is 6.21. The average molecular weight is 369 g/mol. The summed E-state index contributed by atoms with van der Waals surface area (Å²) in [6, 6.07) is 14.3. The molecule has 4 heteroatoms. The van der Waals surface area contributed by atoms with Gasteiger partial charge in [0.05, 0.1) is 7.11 Å². The summed E-state index contributed by atoms with van der Waals surface area (Å²) >= 11 is 9.58. The lowest BCUT2D eigenvalue weighted by Gasteiger charge is -2.19. The van der Waals surface area contributed by atoms with E-state index in [1.54, 1.807) is 7.11 Å². The minimum Gasteiger partial charge on any atom is -0.496 e. The van der Waals surface area contributed by atoms with E-state index in [1.165, 1.54) is 5.56 Å². The van der Waals surface area contributed by atoms with E-state index >= 15 is 0 Å². The van der Waals surface area contributed by atoms with Gasteiger partial charge in [0.2, 0.25) is 0 Å². The van der Waals surface area contributed by atoms with Crippen molar-refractivity contribution in [2.75, 3.05) is 7.11 Å². The van der Waals surface area contributed by atoms with Crippen molar-refractivity contribution in [2.24, 2.45) is 0 Å². The normalized spacial score (nSPS) is 12.2. The van der Waals surface area contributed by atoms with Crippen LogP contribution in [0.2, 0.25) is 5.02 Å². The molecule has 1 unspecified atom stereocenters. The van der Waals surface area contributed by atoms with Crippen LogP contribution in [-0.4, -0.2) is 7.11 Å². The first-order chi connectivity index (χ1) is 10.1. The number of benzene rings is 2. The monoisotopic (exact) mass is 367 g/mol. The summed E-state index contributed by atoms with van der Waals surface area (Å²) in [7, 11) is 1.70. The van der Waals surface area contributed by atoms with Gasteiger partial charge in [0.1, 0.15) is 5.75 Å². The van der Waals surface area contributed by atoms with Gasteiger partial charge in [-0.1, -0.05) is 46.6 Å². The SMILES string of the molecule is CCC(NCc1cc(Br)ccc1OC)c1cccc(Cl)c1. The van der Waals surface area contributed by atoms with Crippen molar-refractivity contribution in [1.29, 1.82) is 0 Å². The third-order valence-electron chi connectivity index (χ3n) is 3.44. The van der Waals surface area contributed by atoms with E-state index in [0.717, 1.165) is 33.8 Å². The predicted molar refractivity (Wildman–Crippen MR) is 92.0 cm³/mol. The Labute approximate surface area is 139 Å². The van der Waals surface area contributed by atoms with Crippen LogP contribution in [0, 0.1) is 0 Å². The van der Waals surface area contributed by atoms with Gasteiger partial charge < -0.3 is 10.1 Å². The van der Waals surface area contributed by atoms with Crippen LogP contribution in [-0.2, 0) is 6.54 Å². The fraction of sp³-hybridized carbons (Fsp3) is 0.294. The zero-order valence-electron chi connectivity index (χ0n) is 12.2. The van der Waals surface area contributed by atoms with Crippen LogP contribution in [0.3, 0.4) is 0 Å². The summed E-state index contributed by atoms with van der Waals surface area (Å²) in [5.41, 5.74) is 2.34. The lowest BCUT2D eigenvalue weighted by Crippen LogP contribution is -2.20. The van der Waals surface area contributed by atoms with E-state index in [2.05, 4.69) is 40.3 Å². The topological polar surface area (TPSA) is 21.3 Å². The molecule has 0 heterocycles. The van der Waals surface area contributed by atoms with Gasteiger partial charge in [-0.05, 0) is 42.3 Å². The minimum atomic E-state index is 0.271. The van der Waals surface area contributed by atoms with Crippen LogP contribution in [0.1, 0.15) is 30.5 Å². The standard InChI is InChI=1S/C17H19BrClNO/c1-3-16(12-5-4-6-15(19)10-12)20-11-13-9-14(18)7-8-17(13)21-2/h4-10,16,20H,3,11H2,1-2H3. The van der Waals surface area contributed by atoms with Gasteiger partial charge in [-0.25, -0.2) is 0 Å². The predicted octanol–water partition coefficient (Wildman–Crippen LogP) is 5.35. The molecule has 2 nitrogen and oxygen atoms in total. The highest BCUT2D eigenvalue weighted by Crippen LogP contribution is 2.25. The van der Waals surface area contributed by atoms with Crippen molar-refractivity contribution in [3.8, 4) is 5.75 Å². The average Bonchev–Trinajstić information content (AvgIpc) is 2.48. The molecule has 0 amide bonds. The van der Waals surface area contributed by atoms with Crippen molar-refractivity contribution in [3.05, 3.63) is 63.1 Å². The second-order valence-electron chi connectivity index (χ2n) is 4.85. The Hall–Kier alpha value is -1.03. The third kappa shape index (κ3) is 4.47. The summed E-state index contributed by atoms with van der Waals surface area (Å²) in [5, 5.41) is 4.34. The van der Waals surface area contributed by atoms with Crippen LogP contribution < -0.4 is 10.1 Å².